The zero-order valence-corrected chi connectivity index (χ0v) is 11.9. The van der Waals surface area contributed by atoms with Gasteiger partial charge in [-0.25, -0.2) is 13.6 Å². The summed E-state index contributed by atoms with van der Waals surface area (Å²) in [5, 5.41) is 9.04. The Labute approximate surface area is 117 Å². The lowest BCUT2D eigenvalue weighted by molar-refractivity contribution is 0.0692. The average molecular weight is 294 g/mol. The fourth-order valence-corrected chi connectivity index (χ4v) is 1.94. The molecule has 19 heavy (non-hydrogen) atoms. The molecular weight excluding hydrogens is 276 g/mol. The highest BCUT2D eigenvalue weighted by molar-refractivity contribution is 5.90. The number of halogens is 3. The van der Waals surface area contributed by atoms with Crippen LogP contribution in [0.25, 0.3) is 0 Å². The third kappa shape index (κ3) is 3.64. The van der Waals surface area contributed by atoms with Crippen molar-refractivity contribution in [3.05, 3.63) is 34.4 Å². The molecule has 1 aromatic rings. The second-order valence-corrected chi connectivity index (χ2v) is 5.17. The van der Waals surface area contributed by atoms with Crippen LogP contribution in [0, 0.1) is 11.6 Å². The summed E-state index contributed by atoms with van der Waals surface area (Å²) in [6.07, 6.45) is 0.0423. The maximum atomic E-state index is 14.3. The van der Waals surface area contributed by atoms with E-state index in [1.54, 1.807) is 20.8 Å². The Morgan fingerprint density at radius 2 is 1.89 bits per heavy atom. The van der Waals surface area contributed by atoms with Gasteiger partial charge in [-0.05, 0) is 24.4 Å². The molecule has 0 atom stereocenters. The van der Waals surface area contributed by atoms with Gasteiger partial charge in [-0.2, -0.15) is 0 Å². The van der Waals surface area contributed by atoms with Crippen molar-refractivity contribution < 1.29 is 18.7 Å². The standard InChI is InChI=1S/C13H17F2NO2.ClH/c1-13(2,3)10-8(12(17)18)6-9(14)7(4-5-16)11(10)15;/h6H,4-5,16H2,1-3H3,(H,17,18);1H. The molecule has 0 aliphatic heterocycles. The van der Waals surface area contributed by atoms with Gasteiger partial charge in [0.25, 0.3) is 0 Å². The molecule has 0 aliphatic carbocycles. The molecule has 3 nitrogen and oxygen atoms in total. The molecule has 0 radical (unpaired) electrons. The lowest BCUT2D eigenvalue weighted by Crippen LogP contribution is -2.22. The van der Waals surface area contributed by atoms with Gasteiger partial charge in [0.1, 0.15) is 11.6 Å². The lowest BCUT2D eigenvalue weighted by Gasteiger charge is -2.24. The van der Waals surface area contributed by atoms with E-state index in [4.69, 9.17) is 10.8 Å². The molecule has 1 aromatic carbocycles. The summed E-state index contributed by atoms with van der Waals surface area (Å²) in [6.45, 7) is 5.15. The Morgan fingerprint density at radius 1 is 1.37 bits per heavy atom. The van der Waals surface area contributed by atoms with Crippen LogP contribution in [0.2, 0.25) is 0 Å². The van der Waals surface area contributed by atoms with E-state index in [0.29, 0.717) is 0 Å². The van der Waals surface area contributed by atoms with Gasteiger partial charge < -0.3 is 10.8 Å². The van der Waals surface area contributed by atoms with Crippen molar-refractivity contribution in [1.29, 1.82) is 0 Å². The first-order valence-electron chi connectivity index (χ1n) is 5.64. The number of carboxylic acid groups (broad SMARTS) is 1. The maximum Gasteiger partial charge on any atom is 0.336 e. The van der Waals surface area contributed by atoms with Crippen LogP contribution in [0.3, 0.4) is 0 Å². The highest BCUT2D eigenvalue weighted by atomic mass is 35.5. The minimum Gasteiger partial charge on any atom is -0.478 e. The molecule has 0 amide bonds. The fourth-order valence-electron chi connectivity index (χ4n) is 1.94. The zero-order chi connectivity index (χ0) is 14.1. The zero-order valence-electron chi connectivity index (χ0n) is 11.1. The van der Waals surface area contributed by atoms with E-state index in [1.807, 2.05) is 0 Å². The number of aromatic carboxylic acids is 1. The van der Waals surface area contributed by atoms with Gasteiger partial charge in [-0.15, -0.1) is 12.4 Å². The fraction of sp³-hybridized carbons (Fsp3) is 0.462. The van der Waals surface area contributed by atoms with E-state index >= 15 is 0 Å². The molecule has 108 valence electrons. The average Bonchev–Trinajstić information content (AvgIpc) is 2.21. The molecule has 0 unspecified atom stereocenters. The largest absolute Gasteiger partial charge is 0.478 e. The smallest absolute Gasteiger partial charge is 0.336 e. The van der Waals surface area contributed by atoms with E-state index < -0.39 is 23.0 Å². The molecule has 0 bridgehead atoms. The molecule has 0 heterocycles. The van der Waals surface area contributed by atoms with E-state index in [-0.39, 0.29) is 42.1 Å². The van der Waals surface area contributed by atoms with E-state index in [1.165, 1.54) is 0 Å². The Bertz CT molecular complexity index is 485. The van der Waals surface area contributed by atoms with Gasteiger partial charge in [0, 0.05) is 11.1 Å². The van der Waals surface area contributed by atoms with Crippen molar-refractivity contribution in [2.45, 2.75) is 32.6 Å². The summed E-state index contributed by atoms with van der Waals surface area (Å²) < 4.78 is 27.9. The van der Waals surface area contributed by atoms with Crippen LogP contribution < -0.4 is 5.73 Å². The van der Waals surface area contributed by atoms with Crippen molar-refractivity contribution >= 4 is 18.4 Å². The Kier molecular flexibility index (Phi) is 5.90. The first-order valence-corrected chi connectivity index (χ1v) is 5.64. The van der Waals surface area contributed by atoms with Crippen LogP contribution in [0.4, 0.5) is 8.78 Å². The minimum atomic E-state index is -1.34. The van der Waals surface area contributed by atoms with E-state index in [0.717, 1.165) is 6.07 Å². The molecule has 0 fully saturated rings. The third-order valence-corrected chi connectivity index (χ3v) is 2.69. The summed E-state index contributed by atoms with van der Waals surface area (Å²) >= 11 is 0. The van der Waals surface area contributed by atoms with Gasteiger partial charge in [-0.1, -0.05) is 20.8 Å². The maximum absolute atomic E-state index is 14.3. The Hall–Kier alpha value is -1.20. The highest BCUT2D eigenvalue weighted by Crippen LogP contribution is 2.32. The number of carbonyl (C=O) groups is 1. The highest BCUT2D eigenvalue weighted by Gasteiger charge is 2.29. The van der Waals surface area contributed by atoms with Gasteiger partial charge in [0.15, 0.2) is 0 Å². The Balaban J connectivity index is 0.00000324. The molecule has 0 saturated carbocycles. The molecule has 1 rings (SSSR count). The van der Waals surface area contributed by atoms with Gasteiger partial charge in [0.05, 0.1) is 5.56 Å². The minimum absolute atomic E-state index is 0. The van der Waals surface area contributed by atoms with Crippen molar-refractivity contribution in [2.24, 2.45) is 5.73 Å². The topological polar surface area (TPSA) is 63.3 Å². The molecule has 6 heteroatoms. The number of hydrogen-bond acceptors (Lipinski definition) is 2. The predicted octanol–water partition coefficient (Wildman–Crippen LogP) is 2.88. The van der Waals surface area contributed by atoms with E-state index in [2.05, 4.69) is 0 Å². The number of hydrogen-bond donors (Lipinski definition) is 2. The molecular formula is C13H18ClF2NO2. The molecule has 0 spiro atoms. The lowest BCUT2D eigenvalue weighted by atomic mass is 9.81. The SMILES string of the molecule is CC(C)(C)c1c(C(=O)O)cc(F)c(CCN)c1F.Cl. The molecule has 0 aliphatic rings. The normalized spacial score (nSPS) is 11.1. The van der Waals surface area contributed by atoms with Crippen LogP contribution in [0.5, 0.6) is 0 Å². The van der Waals surface area contributed by atoms with Gasteiger partial charge >= 0.3 is 5.97 Å². The quantitative estimate of drug-likeness (QED) is 0.901. The van der Waals surface area contributed by atoms with E-state index in [9.17, 15) is 13.6 Å². The number of carboxylic acids is 1. The number of benzene rings is 1. The van der Waals surface area contributed by atoms with Crippen LogP contribution in [-0.4, -0.2) is 17.6 Å². The summed E-state index contributed by atoms with van der Waals surface area (Å²) in [5.41, 5.74) is 4.11. The Morgan fingerprint density at radius 3 is 2.26 bits per heavy atom. The monoisotopic (exact) mass is 293 g/mol. The first-order chi connectivity index (χ1) is 8.20. The second kappa shape index (κ2) is 6.30. The third-order valence-electron chi connectivity index (χ3n) is 2.69. The van der Waals surface area contributed by atoms with Crippen LogP contribution in [-0.2, 0) is 11.8 Å². The summed E-state index contributed by atoms with van der Waals surface area (Å²) in [6, 6.07) is 0.872. The van der Waals surface area contributed by atoms with Crippen molar-refractivity contribution in [2.75, 3.05) is 6.54 Å². The molecule has 3 N–H and O–H groups in total. The van der Waals surface area contributed by atoms with Crippen LogP contribution >= 0.6 is 12.4 Å². The number of nitrogens with two attached hydrogens (primary N) is 1. The first kappa shape index (κ1) is 17.8. The summed E-state index contributed by atoms with van der Waals surface area (Å²) in [5.74, 6) is -2.99. The van der Waals surface area contributed by atoms with Crippen LogP contribution in [0.15, 0.2) is 6.07 Å². The van der Waals surface area contributed by atoms with Crippen molar-refractivity contribution in [1.82, 2.24) is 0 Å². The summed E-state index contributed by atoms with van der Waals surface area (Å²) in [4.78, 5) is 11.1. The second-order valence-electron chi connectivity index (χ2n) is 5.17. The van der Waals surface area contributed by atoms with Crippen molar-refractivity contribution in [3.63, 3.8) is 0 Å². The summed E-state index contributed by atoms with van der Waals surface area (Å²) in [7, 11) is 0. The van der Waals surface area contributed by atoms with Crippen molar-refractivity contribution in [3.8, 4) is 0 Å². The number of rotatable bonds is 3. The van der Waals surface area contributed by atoms with Crippen LogP contribution in [0.1, 0.15) is 42.3 Å². The predicted molar refractivity (Wildman–Crippen MR) is 72.0 cm³/mol. The van der Waals surface area contributed by atoms with Gasteiger partial charge in [-0.3, -0.25) is 0 Å². The van der Waals surface area contributed by atoms with Gasteiger partial charge in [0.2, 0.25) is 0 Å². The molecule has 0 saturated heterocycles. The molecule has 0 aromatic heterocycles.